The van der Waals surface area contributed by atoms with E-state index in [1.165, 1.54) is 0 Å². The highest BCUT2D eigenvalue weighted by Crippen LogP contribution is 2.32. The number of piperazine rings is 1. The van der Waals surface area contributed by atoms with Gasteiger partial charge in [-0.3, -0.25) is 19.8 Å². The van der Waals surface area contributed by atoms with Crippen LogP contribution in [0.5, 0.6) is 0 Å². The van der Waals surface area contributed by atoms with Crippen molar-refractivity contribution in [1.82, 2.24) is 10.2 Å². The van der Waals surface area contributed by atoms with Crippen LogP contribution in [0.1, 0.15) is 31.9 Å². The summed E-state index contributed by atoms with van der Waals surface area (Å²) in [6.07, 6.45) is 0.717. The fourth-order valence-electron chi connectivity index (χ4n) is 2.67. The molecule has 0 aliphatic carbocycles. The van der Waals surface area contributed by atoms with Gasteiger partial charge < -0.3 is 5.73 Å². The number of nitrogens with one attached hydrogen (secondary N) is 1. The quantitative estimate of drug-likeness (QED) is 0.826. The molecule has 21 heavy (non-hydrogen) atoms. The average molecular weight is 310 g/mol. The number of rotatable bonds is 4. The Kier molecular flexibility index (Phi) is 4.98. The lowest BCUT2D eigenvalue weighted by Gasteiger charge is -2.41. The van der Waals surface area contributed by atoms with Crippen LogP contribution in [0.3, 0.4) is 0 Å². The van der Waals surface area contributed by atoms with Crippen LogP contribution in [0.4, 0.5) is 0 Å². The predicted octanol–water partition coefficient (Wildman–Crippen LogP) is 1.47. The monoisotopic (exact) mass is 309 g/mol. The molecular weight excluding hydrogens is 290 g/mol. The lowest BCUT2D eigenvalue weighted by Crippen LogP contribution is -2.59. The van der Waals surface area contributed by atoms with E-state index in [0.717, 1.165) is 12.0 Å². The second kappa shape index (κ2) is 6.56. The van der Waals surface area contributed by atoms with Gasteiger partial charge in [0.25, 0.3) is 0 Å². The summed E-state index contributed by atoms with van der Waals surface area (Å²) in [7, 11) is 0. The SMILES string of the molecule is CCC(N)C(c1ccccc1Cl)N1CC(=O)NC(=O)C1C. The maximum atomic E-state index is 11.9. The van der Waals surface area contributed by atoms with Crippen molar-refractivity contribution >= 4 is 23.4 Å². The topological polar surface area (TPSA) is 75.4 Å². The number of benzene rings is 1. The van der Waals surface area contributed by atoms with Crippen LogP contribution >= 0.6 is 11.6 Å². The Morgan fingerprint density at radius 3 is 2.71 bits per heavy atom. The lowest BCUT2D eigenvalue weighted by atomic mass is 9.94. The Balaban J connectivity index is 2.43. The summed E-state index contributed by atoms with van der Waals surface area (Å²) in [6.45, 7) is 3.88. The van der Waals surface area contributed by atoms with E-state index >= 15 is 0 Å². The molecule has 0 bridgehead atoms. The Morgan fingerprint density at radius 1 is 1.43 bits per heavy atom. The summed E-state index contributed by atoms with van der Waals surface area (Å²) in [6, 6.07) is 6.50. The van der Waals surface area contributed by atoms with Crippen molar-refractivity contribution in [3.63, 3.8) is 0 Å². The Labute approximate surface area is 129 Å². The molecule has 5 nitrogen and oxygen atoms in total. The Hall–Kier alpha value is -1.43. The minimum Gasteiger partial charge on any atom is -0.326 e. The van der Waals surface area contributed by atoms with E-state index in [1.54, 1.807) is 13.0 Å². The first-order valence-corrected chi connectivity index (χ1v) is 7.43. The number of carbonyl (C=O) groups is 2. The molecule has 0 radical (unpaired) electrons. The third kappa shape index (κ3) is 3.26. The summed E-state index contributed by atoms with van der Waals surface area (Å²) < 4.78 is 0. The highest BCUT2D eigenvalue weighted by atomic mass is 35.5. The Bertz CT molecular complexity index is 549. The van der Waals surface area contributed by atoms with Gasteiger partial charge in [-0.1, -0.05) is 36.7 Å². The summed E-state index contributed by atoms with van der Waals surface area (Å²) >= 11 is 6.29. The first-order valence-electron chi connectivity index (χ1n) is 7.05. The van der Waals surface area contributed by atoms with Crippen molar-refractivity contribution < 1.29 is 9.59 Å². The molecule has 1 heterocycles. The van der Waals surface area contributed by atoms with Gasteiger partial charge in [-0.25, -0.2) is 0 Å². The number of imide groups is 1. The fraction of sp³-hybridized carbons (Fsp3) is 0.467. The van der Waals surface area contributed by atoms with E-state index in [2.05, 4.69) is 5.32 Å². The zero-order valence-corrected chi connectivity index (χ0v) is 12.9. The number of nitrogens with zero attached hydrogens (tertiary/aromatic N) is 1. The van der Waals surface area contributed by atoms with E-state index in [9.17, 15) is 9.59 Å². The maximum Gasteiger partial charge on any atom is 0.243 e. The van der Waals surface area contributed by atoms with E-state index < -0.39 is 6.04 Å². The highest BCUT2D eigenvalue weighted by molar-refractivity contribution is 6.31. The maximum absolute atomic E-state index is 11.9. The van der Waals surface area contributed by atoms with E-state index in [1.807, 2.05) is 30.0 Å². The molecule has 0 aromatic heterocycles. The second-order valence-electron chi connectivity index (χ2n) is 5.30. The summed E-state index contributed by atoms with van der Waals surface area (Å²) in [5.41, 5.74) is 7.11. The summed E-state index contributed by atoms with van der Waals surface area (Å²) in [5, 5.41) is 2.94. The zero-order chi connectivity index (χ0) is 15.6. The van der Waals surface area contributed by atoms with Crippen LogP contribution in [-0.4, -0.2) is 35.3 Å². The van der Waals surface area contributed by atoms with Crippen molar-refractivity contribution in [2.24, 2.45) is 5.73 Å². The van der Waals surface area contributed by atoms with Gasteiger partial charge in [0.15, 0.2) is 0 Å². The van der Waals surface area contributed by atoms with Crippen molar-refractivity contribution in [1.29, 1.82) is 0 Å². The molecule has 1 aromatic carbocycles. The number of amides is 2. The molecule has 3 N–H and O–H groups in total. The molecule has 1 fully saturated rings. The van der Waals surface area contributed by atoms with E-state index in [-0.39, 0.29) is 30.4 Å². The number of hydrogen-bond donors (Lipinski definition) is 2. The predicted molar refractivity (Wildman–Crippen MR) is 81.8 cm³/mol. The molecule has 2 rings (SSSR count). The molecule has 1 aliphatic heterocycles. The first kappa shape index (κ1) is 15.9. The highest BCUT2D eigenvalue weighted by Gasteiger charge is 2.38. The molecule has 0 saturated carbocycles. The third-order valence-corrected chi connectivity index (χ3v) is 4.27. The molecule has 114 valence electrons. The average Bonchev–Trinajstić information content (AvgIpc) is 2.45. The van der Waals surface area contributed by atoms with Gasteiger partial charge >= 0.3 is 0 Å². The molecule has 1 saturated heterocycles. The van der Waals surface area contributed by atoms with Gasteiger partial charge in [0.2, 0.25) is 11.8 Å². The minimum absolute atomic E-state index is 0.135. The van der Waals surface area contributed by atoms with Gasteiger partial charge in [0.1, 0.15) is 0 Å². The van der Waals surface area contributed by atoms with Crippen molar-refractivity contribution in [2.45, 2.75) is 38.4 Å². The molecular formula is C15H20ClN3O2. The standard InChI is InChI=1S/C15H20ClN3O2/c1-3-12(17)14(10-6-4-5-7-11(10)16)19-8-13(20)18-15(21)9(19)2/h4-7,9,12,14H,3,8,17H2,1-2H3,(H,18,20,21). The molecule has 6 heteroatoms. The van der Waals surface area contributed by atoms with Crippen LogP contribution in [0, 0.1) is 0 Å². The third-order valence-electron chi connectivity index (χ3n) is 3.92. The summed E-state index contributed by atoms with van der Waals surface area (Å²) in [5.74, 6) is -0.606. The summed E-state index contributed by atoms with van der Waals surface area (Å²) in [4.78, 5) is 25.4. The number of nitrogens with two attached hydrogens (primary N) is 1. The molecule has 1 aromatic rings. The number of hydrogen-bond acceptors (Lipinski definition) is 4. The van der Waals surface area contributed by atoms with E-state index in [0.29, 0.717) is 5.02 Å². The van der Waals surface area contributed by atoms with Gasteiger partial charge in [-0.2, -0.15) is 0 Å². The van der Waals surface area contributed by atoms with Gasteiger partial charge in [-0.05, 0) is 25.0 Å². The lowest BCUT2D eigenvalue weighted by molar-refractivity contribution is -0.141. The van der Waals surface area contributed by atoms with Gasteiger partial charge in [0.05, 0.1) is 18.6 Å². The minimum atomic E-state index is -0.429. The van der Waals surface area contributed by atoms with E-state index in [4.69, 9.17) is 17.3 Å². The Morgan fingerprint density at radius 2 is 2.10 bits per heavy atom. The normalized spacial score (nSPS) is 22.8. The van der Waals surface area contributed by atoms with Gasteiger partial charge in [0, 0.05) is 11.1 Å². The van der Waals surface area contributed by atoms with Crippen LogP contribution in [0.25, 0.3) is 0 Å². The number of halogens is 1. The molecule has 2 amide bonds. The van der Waals surface area contributed by atoms with Crippen LogP contribution < -0.4 is 11.1 Å². The smallest absolute Gasteiger partial charge is 0.243 e. The largest absolute Gasteiger partial charge is 0.326 e. The molecule has 0 spiro atoms. The van der Waals surface area contributed by atoms with Crippen molar-refractivity contribution in [2.75, 3.05) is 6.54 Å². The molecule has 3 unspecified atom stereocenters. The van der Waals surface area contributed by atoms with Gasteiger partial charge in [-0.15, -0.1) is 0 Å². The first-order chi connectivity index (χ1) is 9.95. The van der Waals surface area contributed by atoms with Crippen LogP contribution in [0.2, 0.25) is 5.02 Å². The number of carbonyl (C=O) groups excluding carboxylic acids is 2. The van der Waals surface area contributed by atoms with Crippen LogP contribution in [-0.2, 0) is 9.59 Å². The van der Waals surface area contributed by atoms with Crippen molar-refractivity contribution in [3.05, 3.63) is 34.9 Å². The molecule has 3 atom stereocenters. The fourth-order valence-corrected chi connectivity index (χ4v) is 2.91. The zero-order valence-electron chi connectivity index (χ0n) is 12.2. The van der Waals surface area contributed by atoms with Crippen molar-refractivity contribution in [3.8, 4) is 0 Å². The molecule has 1 aliphatic rings. The van der Waals surface area contributed by atoms with Crippen LogP contribution in [0.15, 0.2) is 24.3 Å². The second-order valence-corrected chi connectivity index (χ2v) is 5.71.